The van der Waals surface area contributed by atoms with E-state index >= 15 is 0 Å². The van der Waals surface area contributed by atoms with E-state index in [9.17, 15) is 10.2 Å². The standard InChI is InChI=1S/C11H14O4/c1-4-7-6(2)9(13)11(15-3)8(5-12)10(7)14/h4,12-14H,1,5H2,2-3H3. The lowest BCUT2D eigenvalue weighted by Crippen LogP contribution is -1.97. The first-order valence-electron chi connectivity index (χ1n) is 4.43. The lowest BCUT2D eigenvalue weighted by Gasteiger charge is -2.15. The monoisotopic (exact) mass is 210 g/mol. The van der Waals surface area contributed by atoms with Gasteiger partial charge in [0, 0.05) is 11.1 Å². The van der Waals surface area contributed by atoms with Crippen molar-refractivity contribution < 1.29 is 20.1 Å². The minimum absolute atomic E-state index is 0.0887. The van der Waals surface area contributed by atoms with Crippen molar-refractivity contribution in [3.05, 3.63) is 23.3 Å². The summed E-state index contributed by atoms with van der Waals surface area (Å²) in [6, 6.07) is 0. The summed E-state index contributed by atoms with van der Waals surface area (Å²) in [7, 11) is 1.36. The van der Waals surface area contributed by atoms with Crippen LogP contribution >= 0.6 is 0 Å². The molecule has 15 heavy (non-hydrogen) atoms. The number of aliphatic hydroxyl groups excluding tert-OH is 1. The number of rotatable bonds is 3. The molecule has 0 spiro atoms. The van der Waals surface area contributed by atoms with E-state index in [2.05, 4.69) is 6.58 Å². The Morgan fingerprint density at radius 3 is 2.33 bits per heavy atom. The van der Waals surface area contributed by atoms with Crippen LogP contribution in [0.5, 0.6) is 17.2 Å². The van der Waals surface area contributed by atoms with Gasteiger partial charge in [-0.2, -0.15) is 0 Å². The molecule has 3 N–H and O–H groups in total. The summed E-state index contributed by atoms with van der Waals surface area (Å²) in [6.07, 6.45) is 1.42. The number of hydrogen-bond donors (Lipinski definition) is 3. The molecule has 0 radical (unpaired) electrons. The van der Waals surface area contributed by atoms with E-state index in [-0.39, 0.29) is 22.8 Å². The van der Waals surface area contributed by atoms with Gasteiger partial charge in [0.05, 0.1) is 19.3 Å². The second-order valence-electron chi connectivity index (χ2n) is 3.11. The van der Waals surface area contributed by atoms with Crippen molar-refractivity contribution >= 4 is 6.08 Å². The van der Waals surface area contributed by atoms with Gasteiger partial charge in [-0.25, -0.2) is 0 Å². The SMILES string of the molecule is C=Cc1c(C)c(O)c(OC)c(CO)c1O. The Labute approximate surface area is 88.1 Å². The Morgan fingerprint density at radius 2 is 1.93 bits per heavy atom. The molecular weight excluding hydrogens is 196 g/mol. The van der Waals surface area contributed by atoms with Crippen molar-refractivity contribution in [2.24, 2.45) is 0 Å². The summed E-state index contributed by atoms with van der Waals surface area (Å²) in [5.41, 5.74) is 1.03. The van der Waals surface area contributed by atoms with Gasteiger partial charge in [0.25, 0.3) is 0 Å². The van der Waals surface area contributed by atoms with Crippen molar-refractivity contribution in [3.63, 3.8) is 0 Å². The molecule has 0 amide bonds. The predicted molar refractivity (Wildman–Crippen MR) is 57.1 cm³/mol. The predicted octanol–water partition coefficient (Wildman–Crippen LogP) is 1.55. The lowest BCUT2D eigenvalue weighted by molar-refractivity contribution is 0.263. The summed E-state index contributed by atoms with van der Waals surface area (Å²) in [4.78, 5) is 0. The maximum Gasteiger partial charge on any atom is 0.170 e. The summed E-state index contributed by atoms with van der Waals surface area (Å²) in [5.74, 6) is -0.105. The van der Waals surface area contributed by atoms with Gasteiger partial charge in [0.1, 0.15) is 5.75 Å². The van der Waals surface area contributed by atoms with Crippen LogP contribution in [0.3, 0.4) is 0 Å². The first-order valence-corrected chi connectivity index (χ1v) is 4.43. The van der Waals surface area contributed by atoms with Gasteiger partial charge in [-0.3, -0.25) is 0 Å². The Balaban J connectivity index is 3.64. The highest BCUT2D eigenvalue weighted by Crippen LogP contribution is 2.42. The van der Waals surface area contributed by atoms with Crippen LogP contribution in [0, 0.1) is 6.92 Å². The van der Waals surface area contributed by atoms with Crippen molar-refractivity contribution in [2.75, 3.05) is 7.11 Å². The van der Waals surface area contributed by atoms with Crippen LogP contribution in [0.15, 0.2) is 6.58 Å². The Morgan fingerprint density at radius 1 is 1.33 bits per heavy atom. The minimum Gasteiger partial charge on any atom is -0.507 e. The fraction of sp³-hybridized carbons (Fsp3) is 0.273. The average Bonchev–Trinajstić information content (AvgIpc) is 2.23. The summed E-state index contributed by atoms with van der Waals surface area (Å²) in [6.45, 7) is 4.75. The number of hydrogen-bond acceptors (Lipinski definition) is 4. The Bertz CT molecular complexity index is 396. The topological polar surface area (TPSA) is 69.9 Å². The second-order valence-corrected chi connectivity index (χ2v) is 3.11. The Hall–Kier alpha value is -1.68. The second kappa shape index (κ2) is 4.23. The third-order valence-electron chi connectivity index (χ3n) is 2.36. The van der Waals surface area contributed by atoms with Crippen LogP contribution in [-0.4, -0.2) is 22.4 Å². The molecule has 0 aliphatic carbocycles. The van der Waals surface area contributed by atoms with Crippen LogP contribution in [-0.2, 0) is 6.61 Å². The number of methoxy groups -OCH3 is 1. The maximum absolute atomic E-state index is 9.78. The zero-order chi connectivity index (χ0) is 11.6. The van der Waals surface area contributed by atoms with Crippen molar-refractivity contribution in [3.8, 4) is 17.2 Å². The van der Waals surface area contributed by atoms with Crippen LogP contribution in [0.4, 0.5) is 0 Å². The highest BCUT2D eigenvalue weighted by atomic mass is 16.5. The molecule has 0 saturated heterocycles. The molecule has 0 aliphatic heterocycles. The number of benzene rings is 1. The van der Waals surface area contributed by atoms with Crippen LogP contribution in [0.1, 0.15) is 16.7 Å². The summed E-state index contributed by atoms with van der Waals surface area (Å²) >= 11 is 0. The molecule has 4 nitrogen and oxygen atoms in total. The molecule has 0 bridgehead atoms. The van der Waals surface area contributed by atoms with Crippen molar-refractivity contribution in [1.29, 1.82) is 0 Å². The largest absolute Gasteiger partial charge is 0.507 e. The summed E-state index contributed by atoms with van der Waals surface area (Å²) < 4.78 is 4.92. The number of phenolic OH excluding ortho intramolecular Hbond substituents is 1. The van der Waals surface area contributed by atoms with Crippen molar-refractivity contribution in [1.82, 2.24) is 0 Å². The number of phenols is 2. The maximum atomic E-state index is 9.78. The molecule has 0 aliphatic rings. The number of aromatic hydroxyl groups is 2. The van der Waals surface area contributed by atoms with Gasteiger partial charge in [-0.1, -0.05) is 12.7 Å². The van der Waals surface area contributed by atoms with Crippen molar-refractivity contribution in [2.45, 2.75) is 13.5 Å². The normalized spacial score (nSPS) is 10.1. The van der Waals surface area contributed by atoms with E-state index in [1.807, 2.05) is 0 Å². The first kappa shape index (κ1) is 11.4. The van der Waals surface area contributed by atoms with E-state index in [4.69, 9.17) is 9.84 Å². The van der Waals surface area contributed by atoms with Gasteiger partial charge in [0.2, 0.25) is 0 Å². The minimum atomic E-state index is -0.413. The fourth-order valence-corrected chi connectivity index (χ4v) is 1.50. The third kappa shape index (κ3) is 1.64. The molecule has 0 unspecified atom stereocenters. The number of ether oxygens (including phenoxy) is 1. The molecule has 4 heteroatoms. The highest BCUT2D eigenvalue weighted by Gasteiger charge is 2.19. The van der Waals surface area contributed by atoms with Crippen LogP contribution < -0.4 is 4.74 Å². The quantitative estimate of drug-likeness (QED) is 0.662. The van der Waals surface area contributed by atoms with Gasteiger partial charge in [0.15, 0.2) is 11.5 Å². The van der Waals surface area contributed by atoms with Crippen LogP contribution in [0.2, 0.25) is 0 Å². The van der Waals surface area contributed by atoms with Gasteiger partial charge in [-0.05, 0) is 6.92 Å². The molecule has 1 aromatic carbocycles. The fourth-order valence-electron chi connectivity index (χ4n) is 1.50. The molecule has 82 valence electrons. The third-order valence-corrected chi connectivity index (χ3v) is 2.36. The molecule has 0 aromatic heterocycles. The highest BCUT2D eigenvalue weighted by molar-refractivity contribution is 5.70. The van der Waals surface area contributed by atoms with E-state index in [0.717, 1.165) is 0 Å². The number of aliphatic hydroxyl groups is 1. The molecule has 0 heterocycles. The van der Waals surface area contributed by atoms with Gasteiger partial charge < -0.3 is 20.1 Å². The van der Waals surface area contributed by atoms with Gasteiger partial charge in [-0.15, -0.1) is 0 Å². The molecule has 1 rings (SSSR count). The first-order chi connectivity index (χ1) is 7.08. The zero-order valence-corrected chi connectivity index (χ0v) is 8.74. The summed E-state index contributed by atoms with van der Waals surface area (Å²) in [5, 5.41) is 28.6. The average molecular weight is 210 g/mol. The zero-order valence-electron chi connectivity index (χ0n) is 8.74. The smallest absolute Gasteiger partial charge is 0.170 e. The van der Waals surface area contributed by atoms with Crippen LogP contribution in [0.25, 0.3) is 6.08 Å². The van der Waals surface area contributed by atoms with E-state index in [1.54, 1.807) is 6.92 Å². The molecule has 0 fully saturated rings. The van der Waals surface area contributed by atoms with Gasteiger partial charge >= 0.3 is 0 Å². The lowest BCUT2D eigenvalue weighted by atomic mass is 10.0. The van der Waals surface area contributed by atoms with E-state index in [0.29, 0.717) is 11.1 Å². The molecule has 0 saturated carbocycles. The molecular formula is C11H14O4. The molecule has 1 aromatic rings. The Kier molecular flexibility index (Phi) is 3.21. The molecule has 0 atom stereocenters. The van der Waals surface area contributed by atoms with E-state index in [1.165, 1.54) is 13.2 Å². The van der Waals surface area contributed by atoms with E-state index < -0.39 is 6.61 Å².